The highest BCUT2D eigenvalue weighted by atomic mass is 32.1. The Morgan fingerprint density at radius 2 is 2.20 bits per heavy atom. The maximum atomic E-state index is 15.0. The Balaban J connectivity index is 1.24. The van der Waals surface area contributed by atoms with E-state index in [-0.39, 0.29) is 18.5 Å². The molecule has 6 rings (SSSR count). The number of hydrogen-bond acceptors (Lipinski definition) is 8. The lowest BCUT2D eigenvalue weighted by atomic mass is 10.1. The number of ether oxygens (including phenoxy) is 2. The summed E-state index contributed by atoms with van der Waals surface area (Å²) in [5.41, 5.74) is 4.11. The van der Waals surface area contributed by atoms with Crippen molar-refractivity contribution in [2.24, 2.45) is 7.05 Å². The van der Waals surface area contributed by atoms with Crippen molar-refractivity contribution in [1.82, 2.24) is 18.5 Å². The number of rotatable bonds is 4. The van der Waals surface area contributed by atoms with Crippen molar-refractivity contribution in [1.29, 1.82) is 0 Å². The zero-order chi connectivity index (χ0) is 20.4. The Hall–Kier alpha value is -3.21. The average Bonchev–Trinajstić information content (AvgIpc) is 3.48. The van der Waals surface area contributed by atoms with Crippen molar-refractivity contribution in [2.75, 3.05) is 16.4 Å². The van der Waals surface area contributed by atoms with Gasteiger partial charge in [-0.1, -0.05) is 0 Å². The molecular weight excluding hydrogens is 411 g/mol. The number of fused-ring (bicyclic) bond motifs is 4. The fourth-order valence-corrected chi connectivity index (χ4v) is 4.87. The van der Waals surface area contributed by atoms with Gasteiger partial charge in [-0.05, 0) is 18.1 Å². The zero-order valence-corrected chi connectivity index (χ0v) is 16.8. The second-order valence-corrected chi connectivity index (χ2v) is 8.24. The zero-order valence-electron chi connectivity index (χ0n) is 16.0. The van der Waals surface area contributed by atoms with Crippen LogP contribution in [0.15, 0.2) is 24.5 Å². The first kappa shape index (κ1) is 17.6. The number of nitrogens with zero attached hydrogens (tertiary/aromatic N) is 6. The lowest BCUT2D eigenvalue weighted by Gasteiger charge is -2.20. The summed E-state index contributed by atoms with van der Waals surface area (Å²) in [6.45, 7) is 1.36. The molecule has 1 fully saturated rings. The Labute approximate surface area is 174 Å². The predicted molar refractivity (Wildman–Crippen MR) is 105 cm³/mol. The molecule has 1 aromatic carbocycles. The van der Waals surface area contributed by atoms with E-state index in [9.17, 15) is 4.79 Å². The van der Waals surface area contributed by atoms with E-state index in [2.05, 4.69) is 13.8 Å². The van der Waals surface area contributed by atoms with Crippen LogP contribution in [0, 0.1) is 5.82 Å². The van der Waals surface area contributed by atoms with E-state index in [1.165, 1.54) is 17.2 Å². The van der Waals surface area contributed by atoms with Crippen LogP contribution in [-0.4, -0.2) is 43.4 Å². The SMILES string of the molecule is Cn1cc2c(n1)CN(c1cc3c(cc1F)N1C(=O)O[C@@H](COc4cnsn4)C1C3)C2. The van der Waals surface area contributed by atoms with Crippen molar-refractivity contribution in [3.63, 3.8) is 0 Å². The summed E-state index contributed by atoms with van der Waals surface area (Å²) in [6.07, 6.45) is 3.13. The van der Waals surface area contributed by atoms with Gasteiger partial charge in [0.1, 0.15) is 18.6 Å². The number of hydrogen-bond donors (Lipinski definition) is 0. The largest absolute Gasteiger partial charge is 0.472 e. The molecule has 2 atom stereocenters. The molecule has 1 unspecified atom stereocenters. The van der Waals surface area contributed by atoms with Crippen LogP contribution in [0.1, 0.15) is 16.8 Å². The molecule has 1 saturated heterocycles. The number of halogens is 1. The van der Waals surface area contributed by atoms with Crippen LogP contribution in [0.2, 0.25) is 0 Å². The quantitative estimate of drug-likeness (QED) is 0.630. The van der Waals surface area contributed by atoms with Gasteiger partial charge in [0, 0.05) is 31.4 Å². The van der Waals surface area contributed by atoms with Gasteiger partial charge in [-0.25, -0.2) is 9.18 Å². The van der Waals surface area contributed by atoms with E-state index in [0.717, 1.165) is 28.5 Å². The normalized spacial score (nSPS) is 21.6. The molecule has 5 heterocycles. The lowest BCUT2D eigenvalue weighted by Crippen LogP contribution is -2.36. The van der Waals surface area contributed by atoms with Crippen LogP contribution in [-0.2, 0) is 31.3 Å². The Morgan fingerprint density at radius 1 is 1.30 bits per heavy atom. The minimum atomic E-state index is -0.478. The molecule has 3 aliphatic rings. The van der Waals surface area contributed by atoms with Crippen molar-refractivity contribution in [2.45, 2.75) is 31.7 Å². The van der Waals surface area contributed by atoms with Gasteiger partial charge in [-0.15, -0.1) is 4.37 Å². The van der Waals surface area contributed by atoms with Crippen LogP contribution < -0.4 is 14.5 Å². The first-order valence-corrected chi connectivity index (χ1v) is 10.3. The van der Waals surface area contributed by atoms with Crippen LogP contribution in [0.25, 0.3) is 0 Å². The third-order valence-corrected chi connectivity index (χ3v) is 6.28. The van der Waals surface area contributed by atoms with Crippen LogP contribution in [0.5, 0.6) is 5.88 Å². The Kier molecular flexibility index (Phi) is 3.76. The van der Waals surface area contributed by atoms with E-state index in [1.54, 1.807) is 4.68 Å². The third kappa shape index (κ3) is 2.65. The summed E-state index contributed by atoms with van der Waals surface area (Å²) in [5.74, 6) is 0.0470. The molecule has 0 aliphatic carbocycles. The smallest absolute Gasteiger partial charge is 0.415 e. The van der Waals surface area contributed by atoms with Crippen molar-refractivity contribution in [3.8, 4) is 5.88 Å². The fourth-order valence-electron chi connectivity index (χ4n) is 4.51. The van der Waals surface area contributed by atoms with Gasteiger partial charge in [0.25, 0.3) is 0 Å². The number of cyclic esters (lactones) is 1. The maximum absolute atomic E-state index is 15.0. The molecule has 1 amide bonds. The number of carbonyl (C=O) groups is 1. The monoisotopic (exact) mass is 428 g/mol. The molecule has 3 aromatic rings. The highest BCUT2D eigenvalue weighted by Gasteiger charge is 2.48. The number of amides is 1. The third-order valence-electron chi connectivity index (χ3n) is 5.82. The first-order chi connectivity index (χ1) is 14.6. The van der Waals surface area contributed by atoms with E-state index in [0.29, 0.717) is 36.8 Å². The highest BCUT2D eigenvalue weighted by Crippen LogP contribution is 2.42. The van der Waals surface area contributed by atoms with Gasteiger partial charge < -0.3 is 14.4 Å². The molecule has 0 spiro atoms. The van der Waals surface area contributed by atoms with Crippen LogP contribution in [0.3, 0.4) is 0 Å². The number of anilines is 2. The maximum Gasteiger partial charge on any atom is 0.415 e. The molecule has 30 heavy (non-hydrogen) atoms. The number of benzene rings is 1. The van der Waals surface area contributed by atoms with E-state index >= 15 is 4.39 Å². The van der Waals surface area contributed by atoms with Gasteiger partial charge in [0.15, 0.2) is 6.10 Å². The average molecular weight is 428 g/mol. The summed E-state index contributed by atoms with van der Waals surface area (Å²) >= 11 is 1.05. The summed E-state index contributed by atoms with van der Waals surface area (Å²) in [7, 11) is 1.88. The first-order valence-electron chi connectivity index (χ1n) is 9.56. The van der Waals surface area contributed by atoms with Gasteiger partial charge >= 0.3 is 6.09 Å². The van der Waals surface area contributed by atoms with Gasteiger partial charge in [-0.2, -0.15) is 9.47 Å². The number of carbonyl (C=O) groups excluding carboxylic acids is 1. The van der Waals surface area contributed by atoms with Crippen molar-refractivity contribution < 1.29 is 18.7 Å². The molecule has 0 bridgehead atoms. The molecular formula is C19H17FN6O3S. The summed E-state index contributed by atoms with van der Waals surface area (Å²) in [5, 5.41) is 4.44. The van der Waals surface area contributed by atoms with Crippen LogP contribution >= 0.6 is 11.7 Å². The van der Waals surface area contributed by atoms with Gasteiger partial charge in [0.05, 0.1) is 41.4 Å². The Bertz CT molecular complexity index is 1130. The van der Waals surface area contributed by atoms with Crippen molar-refractivity contribution >= 4 is 29.2 Å². The fraction of sp³-hybridized carbons (Fsp3) is 0.368. The number of aromatic nitrogens is 4. The molecule has 154 valence electrons. The second kappa shape index (κ2) is 6.39. The summed E-state index contributed by atoms with van der Waals surface area (Å²) < 4.78 is 35.8. The lowest BCUT2D eigenvalue weighted by molar-refractivity contribution is 0.0905. The van der Waals surface area contributed by atoms with Gasteiger partial charge in [-0.3, -0.25) is 9.58 Å². The minimum absolute atomic E-state index is 0.176. The van der Waals surface area contributed by atoms with Gasteiger partial charge in [0.2, 0.25) is 5.88 Å². The molecule has 9 nitrogen and oxygen atoms in total. The molecule has 0 radical (unpaired) electrons. The molecule has 0 saturated carbocycles. The molecule has 3 aliphatic heterocycles. The molecule has 2 aromatic heterocycles. The van der Waals surface area contributed by atoms with Crippen LogP contribution in [0.4, 0.5) is 20.6 Å². The standard InChI is InChI=1S/C19H17FN6O3S/c1-24-6-11-7-25(8-13(11)22-24)15-2-10-3-16-17(9-28-18-5-21-30-23-18)29-19(27)26(16)14(10)4-12(15)20/h2,4-6,16-17H,3,7-9H2,1H3/t16?,17-/m0/s1. The number of aryl methyl sites for hydroxylation is 1. The molecule has 11 heteroatoms. The molecule has 0 N–H and O–H groups in total. The minimum Gasteiger partial charge on any atom is -0.472 e. The second-order valence-electron chi connectivity index (χ2n) is 7.68. The Morgan fingerprint density at radius 3 is 3.00 bits per heavy atom. The van der Waals surface area contributed by atoms with E-state index < -0.39 is 12.2 Å². The van der Waals surface area contributed by atoms with E-state index in [4.69, 9.17) is 9.47 Å². The predicted octanol–water partition coefficient (Wildman–Crippen LogP) is 2.26. The van der Waals surface area contributed by atoms with Crippen molar-refractivity contribution in [3.05, 3.63) is 47.2 Å². The van der Waals surface area contributed by atoms with E-state index in [1.807, 2.05) is 24.2 Å². The topological polar surface area (TPSA) is 85.6 Å². The summed E-state index contributed by atoms with van der Waals surface area (Å²) in [6, 6.07) is 3.06. The summed E-state index contributed by atoms with van der Waals surface area (Å²) in [4.78, 5) is 16.0. The highest BCUT2D eigenvalue weighted by molar-refractivity contribution is 6.99.